The Hall–Kier alpha value is -3.92. The van der Waals surface area contributed by atoms with Crippen LogP contribution in [0.5, 0.6) is 0 Å². The van der Waals surface area contributed by atoms with Crippen LogP contribution in [0.4, 0.5) is 0 Å². The van der Waals surface area contributed by atoms with E-state index in [4.69, 9.17) is 19.1 Å². The first-order valence-electron chi connectivity index (χ1n) is 17.5. The first-order valence-corrected chi connectivity index (χ1v) is 17.5. The van der Waals surface area contributed by atoms with Crippen LogP contribution < -0.4 is 10.6 Å². The molecular weight excluding hydrogens is 644 g/mol. The Morgan fingerprint density at radius 3 is 1.18 bits per heavy atom. The highest BCUT2D eigenvalue weighted by Gasteiger charge is 2.33. The predicted molar refractivity (Wildman–Crippen MR) is 171 cm³/mol. The lowest BCUT2D eigenvalue weighted by Crippen LogP contribution is -2.31. The zero-order valence-corrected chi connectivity index (χ0v) is 28.5. The molecule has 2 aliphatic rings. The van der Waals surface area contributed by atoms with Gasteiger partial charge in [-0.25, -0.2) is 9.59 Å². The summed E-state index contributed by atoms with van der Waals surface area (Å²) in [6.45, 7) is 2.67. The lowest BCUT2D eigenvalue weighted by Gasteiger charge is -2.12. The molecule has 2 fully saturated rings. The Labute approximate surface area is 287 Å². The second kappa shape index (κ2) is 25.1. The van der Waals surface area contributed by atoms with Crippen LogP contribution in [0.2, 0.25) is 0 Å². The van der Waals surface area contributed by atoms with Gasteiger partial charge in [0.25, 0.3) is 23.6 Å². The van der Waals surface area contributed by atoms with Gasteiger partial charge in [0, 0.05) is 77.7 Å². The number of hydroxylamine groups is 4. The molecule has 0 radical (unpaired) electrons. The molecule has 2 saturated heterocycles. The van der Waals surface area contributed by atoms with Gasteiger partial charge in [-0.15, -0.1) is 10.1 Å². The van der Waals surface area contributed by atoms with E-state index in [-0.39, 0.29) is 63.2 Å². The molecule has 0 aromatic carbocycles. The predicted octanol–water partition coefficient (Wildman–Crippen LogP) is 2.32. The van der Waals surface area contributed by atoms with Gasteiger partial charge < -0.3 is 29.8 Å². The van der Waals surface area contributed by atoms with Crippen LogP contribution in [0.25, 0.3) is 0 Å². The van der Waals surface area contributed by atoms with Crippen LogP contribution in [-0.2, 0) is 57.5 Å². The molecule has 6 amide bonds. The first kappa shape index (κ1) is 41.3. The minimum absolute atomic E-state index is 0.0763. The van der Waals surface area contributed by atoms with Crippen molar-refractivity contribution in [1.82, 2.24) is 20.8 Å². The van der Waals surface area contributed by atoms with Crippen molar-refractivity contribution >= 4 is 47.4 Å². The van der Waals surface area contributed by atoms with E-state index >= 15 is 0 Å². The molecule has 2 aliphatic heterocycles. The summed E-state index contributed by atoms with van der Waals surface area (Å²) in [5.41, 5.74) is 0. The van der Waals surface area contributed by atoms with Gasteiger partial charge in [0.1, 0.15) is 0 Å². The highest BCUT2D eigenvalue weighted by molar-refractivity contribution is 6.02. The SMILES string of the molecule is O=C(CCOCCCOCCC(=O)NCCCCCCCC(=O)ON1C(=O)CCC1=O)NCCCCCCCC(=O)ON1C(=O)CCC1=O. The topological polar surface area (TPSA) is 204 Å². The number of unbranched alkanes of at least 4 members (excludes halogenated alkanes) is 8. The third-order valence-corrected chi connectivity index (χ3v) is 7.68. The molecule has 276 valence electrons. The Morgan fingerprint density at radius 2 is 0.796 bits per heavy atom. The Bertz CT molecular complexity index is 999. The maximum absolute atomic E-state index is 11.9. The van der Waals surface area contributed by atoms with Crippen LogP contribution in [-0.4, -0.2) is 97.0 Å². The third kappa shape index (κ3) is 19.0. The fourth-order valence-corrected chi connectivity index (χ4v) is 4.89. The van der Waals surface area contributed by atoms with Crippen LogP contribution >= 0.6 is 0 Å². The summed E-state index contributed by atoms with van der Waals surface area (Å²) in [7, 11) is 0. The van der Waals surface area contributed by atoms with Gasteiger partial charge in [0.15, 0.2) is 0 Å². The zero-order valence-electron chi connectivity index (χ0n) is 28.5. The van der Waals surface area contributed by atoms with Crippen molar-refractivity contribution in [1.29, 1.82) is 0 Å². The number of hydrogen-bond acceptors (Lipinski definition) is 12. The largest absolute Gasteiger partial charge is 0.381 e. The molecule has 49 heavy (non-hydrogen) atoms. The normalized spacial score (nSPS) is 14.4. The Kier molecular flexibility index (Phi) is 21.1. The van der Waals surface area contributed by atoms with Gasteiger partial charge in [0.05, 0.1) is 13.2 Å². The van der Waals surface area contributed by atoms with Crippen LogP contribution in [0.15, 0.2) is 0 Å². The number of nitrogens with zero attached hydrogens (tertiary/aromatic N) is 2. The van der Waals surface area contributed by atoms with E-state index in [1.807, 2.05) is 0 Å². The van der Waals surface area contributed by atoms with Crippen LogP contribution in [0.1, 0.15) is 122 Å². The minimum Gasteiger partial charge on any atom is -0.381 e. The van der Waals surface area contributed by atoms with Crippen molar-refractivity contribution < 1.29 is 57.5 Å². The average molecular weight is 697 g/mol. The summed E-state index contributed by atoms with van der Waals surface area (Å²) < 4.78 is 11.0. The van der Waals surface area contributed by atoms with E-state index in [0.29, 0.717) is 68.9 Å². The average Bonchev–Trinajstić information content (AvgIpc) is 3.56. The lowest BCUT2D eigenvalue weighted by atomic mass is 10.1. The number of rotatable bonds is 28. The van der Waals surface area contributed by atoms with Gasteiger partial charge in [-0.2, -0.15) is 0 Å². The number of ether oxygens (including phenoxy) is 2. The van der Waals surface area contributed by atoms with E-state index in [1.165, 1.54) is 0 Å². The van der Waals surface area contributed by atoms with Gasteiger partial charge >= 0.3 is 11.9 Å². The Balaban J connectivity index is 1.26. The van der Waals surface area contributed by atoms with Crippen molar-refractivity contribution in [2.45, 2.75) is 122 Å². The summed E-state index contributed by atoms with van der Waals surface area (Å²) >= 11 is 0. The molecule has 0 saturated carbocycles. The van der Waals surface area contributed by atoms with E-state index in [1.54, 1.807) is 0 Å². The van der Waals surface area contributed by atoms with E-state index < -0.39 is 35.6 Å². The summed E-state index contributed by atoms with van der Waals surface area (Å²) in [4.78, 5) is 103. The number of amides is 6. The molecule has 2 heterocycles. The van der Waals surface area contributed by atoms with Crippen molar-refractivity contribution in [3.05, 3.63) is 0 Å². The third-order valence-electron chi connectivity index (χ3n) is 7.68. The zero-order chi connectivity index (χ0) is 35.7. The molecule has 0 atom stereocenters. The molecule has 0 unspecified atom stereocenters. The van der Waals surface area contributed by atoms with E-state index in [2.05, 4.69) is 10.6 Å². The maximum atomic E-state index is 11.9. The second-order valence-corrected chi connectivity index (χ2v) is 11.9. The number of carbonyl (C=O) groups is 8. The standard InChI is InChI=1S/C33H52N4O12/c38-26(34-20-9-5-1-3-7-12-32(44)48-36-28(40)14-15-29(36)41)18-24-46-22-11-23-47-25-19-27(39)35-21-10-6-2-4-8-13-33(45)49-37-30(42)16-17-31(37)43/h1-25H2,(H,34,38)(H,35,39). The summed E-state index contributed by atoms with van der Waals surface area (Å²) in [5, 5.41) is 6.84. The molecule has 2 rings (SSSR count). The van der Waals surface area contributed by atoms with Crippen LogP contribution in [0.3, 0.4) is 0 Å². The highest BCUT2D eigenvalue weighted by Crippen LogP contribution is 2.15. The second-order valence-electron chi connectivity index (χ2n) is 11.9. The van der Waals surface area contributed by atoms with E-state index in [0.717, 1.165) is 51.4 Å². The van der Waals surface area contributed by atoms with Crippen molar-refractivity contribution in [2.75, 3.05) is 39.5 Å². The minimum atomic E-state index is -0.583. The number of carbonyl (C=O) groups excluding carboxylic acids is 8. The van der Waals surface area contributed by atoms with E-state index in [9.17, 15) is 38.4 Å². The smallest absolute Gasteiger partial charge is 0.333 e. The van der Waals surface area contributed by atoms with Crippen LogP contribution in [0, 0.1) is 0 Å². The quantitative estimate of drug-likeness (QED) is 0.0894. The number of imide groups is 2. The highest BCUT2D eigenvalue weighted by atomic mass is 16.7. The molecule has 2 N–H and O–H groups in total. The molecule has 16 heteroatoms. The monoisotopic (exact) mass is 696 g/mol. The number of hydrogen-bond donors (Lipinski definition) is 2. The summed E-state index contributed by atoms with van der Waals surface area (Å²) in [5.74, 6) is -3.25. The molecule has 0 spiro atoms. The molecule has 0 aromatic heterocycles. The molecule has 0 bridgehead atoms. The van der Waals surface area contributed by atoms with Gasteiger partial charge in [0.2, 0.25) is 11.8 Å². The molecule has 16 nitrogen and oxygen atoms in total. The number of nitrogens with one attached hydrogen (secondary N) is 2. The van der Waals surface area contributed by atoms with Crippen molar-refractivity contribution in [3.8, 4) is 0 Å². The fourth-order valence-electron chi connectivity index (χ4n) is 4.89. The maximum Gasteiger partial charge on any atom is 0.333 e. The molecule has 0 aliphatic carbocycles. The lowest BCUT2D eigenvalue weighted by molar-refractivity contribution is -0.197. The Morgan fingerprint density at radius 1 is 0.449 bits per heavy atom. The van der Waals surface area contributed by atoms with Gasteiger partial charge in [-0.1, -0.05) is 38.5 Å². The molecule has 0 aromatic rings. The van der Waals surface area contributed by atoms with Gasteiger partial charge in [-0.05, 0) is 32.1 Å². The van der Waals surface area contributed by atoms with Crippen molar-refractivity contribution in [2.24, 2.45) is 0 Å². The fraction of sp³-hybridized carbons (Fsp3) is 0.758. The summed E-state index contributed by atoms with van der Waals surface area (Å²) in [6, 6.07) is 0. The summed E-state index contributed by atoms with van der Waals surface area (Å²) in [6.07, 6.45) is 9.82. The van der Waals surface area contributed by atoms with Crippen molar-refractivity contribution in [3.63, 3.8) is 0 Å². The first-order chi connectivity index (χ1) is 23.7. The molecular formula is C33H52N4O12. The van der Waals surface area contributed by atoms with Gasteiger partial charge in [-0.3, -0.25) is 28.8 Å².